The Morgan fingerprint density at radius 3 is 2.38 bits per heavy atom. The number of carbonyl (C=O) groups is 1. The Balaban J connectivity index is 1.58. The number of amides is 1. The zero-order valence-electron chi connectivity index (χ0n) is 18.3. The Kier molecular flexibility index (Phi) is 7.03. The number of benzene rings is 1. The van der Waals surface area contributed by atoms with Gasteiger partial charge in [0.15, 0.2) is 0 Å². The van der Waals surface area contributed by atoms with E-state index >= 15 is 0 Å². The number of aliphatic hydroxyl groups is 1. The molecule has 2 aliphatic rings. The van der Waals surface area contributed by atoms with Gasteiger partial charge in [-0.3, -0.25) is 9.69 Å². The van der Waals surface area contributed by atoms with Crippen LogP contribution in [-0.4, -0.2) is 105 Å². The standard InChI is InChI=1S/C22H36N4O3/c1-23(2)21(27)18-15-24(3)13-14-25(16-18)17-22(28)9-11-26(12-10-22)19-5-7-20(29-4)8-6-19/h5-8,18,28H,9-17H2,1-4H3/t18-/m1/s1. The molecule has 0 radical (unpaired) electrons. The van der Waals surface area contributed by atoms with Crippen LogP contribution in [0.4, 0.5) is 5.69 Å². The lowest BCUT2D eigenvalue weighted by Crippen LogP contribution is -2.52. The van der Waals surface area contributed by atoms with E-state index in [9.17, 15) is 9.90 Å². The maximum absolute atomic E-state index is 12.6. The zero-order chi connectivity index (χ0) is 21.0. The molecule has 1 amide bonds. The molecule has 0 unspecified atom stereocenters. The summed E-state index contributed by atoms with van der Waals surface area (Å²) in [6, 6.07) is 8.11. The van der Waals surface area contributed by atoms with Gasteiger partial charge in [0.05, 0.1) is 18.6 Å². The van der Waals surface area contributed by atoms with Crippen LogP contribution in [0, 0.1) is 5.92 Å². The average Bonchev–Trinajstić information content (AvgIpc) is 2.89. The highest BCUT2D eigenvalue weighted by Gasteiger charge is 2.36. The summed E-state index contributed by atoms with van der Waals surface area (Å²) in [7, 11) is 7.38. The first-order chi connectivity index (χ1) is 13.8. The van der Waals surface area contributed by atoms with E-state index in [0.29, 0.717) is 13.1 Å². The van der Waals surface area contributed by atoms with Crippen LogP contribution in [0.3, 0.4) is 0 Å². The maximum atomic E-state index is 12.6. The van der Waals surface area contributed by atoms with E-state index < -0.39 is 5.60 Å². The molecule has 29 heavy (non-hydrogen) atoms. The quantitative estimate of drug-likeness (QED) is 0.790. The van der Waals surface area contributed by atoms with E-state index in [1.165, 1.54) is 5.69 Å². The van der Waals surface area contributed by atoms with Crippen molar-refractivity contribution >= 4 is 11.6 Å². The van der Waals surface area contributed by atoms with Gasteiger partial charge in [-0.1, -0.05) is 0 Å². The van der Waals surface area contributed by atoms with Crippen molar-refractivity contribution in [1.29, 1.82) is 0 Å². The van der Waals surface area contributed by atoms with E-state index in [4.69, 9.17) is 4.74 Å². The monoisotopic (exact) mass is 404 g/mol. The molecule has 0 aliphatic carbocycles. The fourth-order valence-corrected chi connectivity index (χ4v) is 4.45. The highest BCUT2D eigenvalue weighted by molar-refractivity contribution is 5.78. The molecule has 1 aromatic rings. The highest BCUT2D eigenvalue weighted by atomic mass is 16.5. The molecule has 3 rings (SSSR count). The Morgan fingerprint density at radius 2 is 1.79 bits per heavy atom. The smallest absolute Gasteiger partial charge is 0.227 e. The minimum absolute atomic E-state index is 0.0412. The van der Waals surface area contributed by atoms with Crippen LogP contribution >= 0.6 is 0 Å². The van der Waals surface area contributed by atoms with Crippen molar-refractivity contribution in [2.75, 3.05) is 79.0 Å². The fraction of sp³-hybridized carbons (Fsp3) is 0.682. The lowest BCUT2D eigenvalue weighted by Gasteiger charge is -2.42. The minimum atomic E-state index is -0.697. The summed E-state index contributed by atoms with van der Waals surface area (Å²) in [6.07, 6.45) is 1.47. The average molecular weight is 405 g/mol. The molecule has 2 aliphatic heterocycles. The zero-order valence-corrected chi connectivity index (χ0v) is 18.3. The predicted octanol–water partition coefficient (Wildman–Crippen LogP) is 0.978. The molecule has 7 nitrogen and oxygen atoms in total. The topological polar surface area (TPSA) is 59.5 Å². The molecular weight excluding hydrogens is 368 g/mol. The predicted molar refractivity (Wildman–Crippen MR) is 116 cm³/mol. The summed E-state index contributed by atoms with van der Waals surface area (Å²) in [5.41, 5.74) is 0.471. The molecule has 2 fully saturated rings. The summed E-state index contributed by atoms with van der Waals surface area (Å²) in [4.78, 5) is 21.1. The van der Waals surface area contributed by atoms with E-state index in [1.54, 1.807) is 12.0 Å². The Bertz CT molecular complexity index is 671. The molecular formula is C22H36N4O3. The number of methoxy groups -OCH3 is 1. The van der Waals surface area contributed by atoms with Gasteiger partial charge in [0, 0.05) is 65.6 Å². The van der Waals surface area contributed by atoms with Gasteiger partial charge >= 0.3 is 0 Å². The van der Waals surface area contributed by atoms with Crippen molar-refractivity contribution in [1.82, 2.24) is 14.7 Å². The van der Waals surface area contributed by atoms with Crippen molar-refractivity contribution in [2.24, 2.45) is 5.92 Å². The fourth-order valence-electron chi connectivity index (χ4n) is 4.45. The van der Waals surface area contributed by atoms with Gasteiger partial charge in [0.25, 0.3) is 0 Å². The number of carbonyl (C=O) groups excluding carboxylic acids is 1. The first-order valence-electron chi connectivity index (χ1n) is 10.5. The van der Waals surface area contributed by atoms with Gasteiger partial charge in [-0.05, 0) is 44.2 Å². The van der Waals surface area contributed by atoms with Crippen LogP contribution < -0.4 is 9.64 Å². The SMILES string of the molecule is COc1ccc(N2CCC(O)(CN3CCN(C)C[C@@H](C(=O)N(C)C)C3)CC2)cc1. The van der Waals surface area contributed by atoms with Gasteiger partial charge in [0.2, 0.25) is 5.91 Å². The highest BCUT2D eigenvalue weighted by Crippen LogP contribution is 2.29. The summed E-state index contributed by atoms with van der Waals surface area (Å²) in [5, 5.41) is 11.3. The van der Waals surface area contributed by atoms with Crippen molar-refractivity contribution in [3.63, 3.8) is 0 Å². The van der Waals surface area contributed by atoms with Crippen molar-refractivity contribution in [3.8, 4) is 5.75 Å². The number of piperidine rings is 1. The Morgan fingerprint density at radius 1 is 1.14 bits per heavy atom. The van der Waals surface area contributed by atoms with Crippen molar-refractivity contribution in [2.45, 2.75) is 18.4 Å². The van der Waals surface area contributed by atoms with Crippen molar-refractivity contribution in [3.05, 3.63) is 24.3 Å². The molecule has 0 bridgehead atoms. The third kappa shape index (κ3) is 5.62. The first kappa shape index (κ1) is 21.9. The number of anilines is 1. The van der Waals surface area contributed by atoms with Gasteiger partial charge in [0.1, 0.15) is 5.75 Å². The molecule has 2 heterocycles. The molecule has 1 N–H and O–H groups in total. The number of β-amino-alcohol motifs (C(OH)–C–C–N with tert-alkyl or cyclic N) is 1. The number of rotatable bonds is 5. The van der Waals surface area contributed by atoms with Crippen LogP contribution in [-0.2, 0) is 4.79 Å². The molecule has 7 heteroatoms. The second kappa shape index (κ2) is 9.32. The van der Waals surface area contributed by atoms with Crippen LogP contribution in [0.5, 0.6) is 5.75 Å². The number of hydrogen-bond acceptors (Lipinski definition) is 6. The Labute approximate surface area is 174 Å². The number of nitrogens with zero attached hydrogens (tertiary/aromatic N) is 4. The number of hydrogen-bond donors (Lipinski definition) is 1. The molecule has 162 valence electrons. The van der Waals surface area contributed by atoms with Gasteiger partial charge in [-0.2, -0.15) is 0 Å². The minimum Gasteiger partial charge on any atom is -0.497 e. The van der Waals surface area contributed by atoms with E-state index in [-0.39, 0.29) is 11.8 Å². The first-order valence-corrected chi connectivity index (χ1v) is 10.5. The Hall–Kier alpha value is -1.83. The second-order valence-electron chi connectivity index (χ2n) is 8.84. The van der Waals surface area contributed by atoms with Crippen LogP contribution in [0.25, 0.3) is 0 Å². The third-order valence-electron chi connectivity index (χ3n) is 6.25. The largest absolute Gasteiger partial charge is 0.497 e. The normalized spacial score (nSPS) is 23.5. The number of ether oxygens (including phenoxy) is 1. The van der Waals surface area contributed by atoms with E-state index in [1.807, 2.05) is 26.2 Å². The molecule has 1 aromatic carbocycles. The van der Waals surface area contributed by atoms with Crippen LogP contribution in [0.1, 0.15) is 12.8 Å². The van der Waals surface area contributed by atoms with Crippen LogP contribution in [0.15, 0.2) is 24.3 Å². The lowest BCUT2D eigenvalue weighted by molar-refractivity contribution is -0.134. The van der Waals surface area contributed by atoms with Gasteiger partial charge in [-0.15, -0.1) is 0 Å². The maximum Gasteiger partial charge on any atom is 0.227 e. The summed E-state index contributed by atoms with van der Waals surface area (Å²) in [5.74, 6) is 0.987. The van der Waals surface area contributed by atoms with E-state index in [0.717, 1.165) is 51.3 Å². The molecule has 1 atom stereocenters. The molecule has 0 saturated carbocycles. The van der Waals surface area contributed by atoms with Crippen LogP contribution in [0.2, 0.25) is 0 Å². The molecule has 0 aromatic heterocycles. The molecule has 2 saturated heterocycles. The lowest BCUT2D eigenvalue weighted by atomic mass is 9.90. The summed E-state index contributed by atoms with van der Waals surface area (Å²) < 4.78 is 5.24. The van der Waals surface area contributed by atoms with Crippen molar-refractivity contribution < 1.29 is 14.6 Å². The summed E-state index contributed by atoms with van der Waals surface area (Å²) >= 11 is 0. The number of likely N-dealkylation sites (N-methyl/N-ethyl adjacent to an activating group) is 1. The van der Waals surface area contributed by atoms with Gasteiger partial charge in [-0.25, -0.2) is 0 Å². The van der Waals surface area contributed by atoms with Gasteiger partial charge < -0.3 is 24.5 Å². The second-order valence-corrected chi connectivity index (χ2v) is 8.84. The summed E-state index contributed by atoms with van der Waals surface area (Å²) in [6.45, 7) is 5.59. The molecule has 0 spiro atoms. The van der Waals surface area contributed by atoms with E-state index in [2.05, 4.69) is 33.9 Å². The third-order valence-corrected chi connectivity index (χ3v) is 6.25.